The molecule has 5 aromatic rings. The maximum atomic E-state index is 14.8. The average molecular weight is 585 g/mol. The van der Waals surface area contributed by atoms with Crippen LogP contribution in [0.3, 0.4) is 0 Å². The highest BCUT2D eigenvalue weighted by atomic mass is 16.5. The van der Waals surface area contributed by atoms with Gasteiger partial charge in [-0.3, -0.25) is 9.69 Å². The minimum absolute atomic E-state index is 0.0528. The highest BCUT2D eigenvalue weighted by Gasteiger charge is 2.49. The van der Waals surface area contributed by atoms with Crippen LogP contribution >= 0.6 is 0 Å². The number of aryl methyl sites for hydroxylation is 2. The van der Waals surface area contributed by atoms with Crippen LogP contribution in [0.15, 0.2) is 71.9 Å². The van der Waals surface area contributed by atoms with Gasteiger partial charge in [0.2, 0.25) is 0 Å². The molecule has 6 heteroatoms. The molecule has 0 amide bonds. The number of aromatic amines is 2. The second-order valence-corrected chi connectivity index (χ2v) is 12.9. The second kappa shape index (κ2) is 10.4. The third-order valence-electron chi connectivity index (χ3n) is 10.2. The number of carbonyl (C=O) groups excluding carboxylic acids is 1. The van der Waals surface area contributed by atoms with Gasteiger partial charge in [0.15, 0.2) is 5.78 Å². The van der Waals surface area contributed by atoms with E-state index in [4.69, 9.17) is 4.74 Å². The molecule has 2 aromatic heterocycles. The standard InChI is InChI=1S/C38H40N4O2/c1-5-6-7-32-33(37(43)24-10-12-25(44-4)13-11-24)36-34-26(28-20-22(2)8-14-30(28)39-34)17-19-42(36)38-35-27(16-18-41(32)38)29-21-23(3)9-15-31(29)40-35/h8-15,20-21,36,38-40H,5-7,16-19H2,1-4H3/t36-,38-/m1/s1. The van der Waals surface area contributed by atoms with Gasteiger partial charge in [-0.05, 0) is 99.2 Å². The topological polar surface area (TPSA) is 64.4 Å². The van der Waals surface area contributed by atoms with Crippen molar-refractivity contribution in [1.82, 2.24) is 19.8 Å². The summed E-state index contributed by atoms with van der Waals surface area (Å²) in [6.45, 7) is 8.37. The molecule has 44 heavy (non-hydrogen) atoms. The number of ketones is 1. The number of carbonyl (C=O) groups is 1. The predicted molar refractivity (Wildman–Crippen MR) is 176 cm³/mol. The van der Waals surface area contributed by atoms with E-state index in [9.17, 15) is 4.79 Å². The van der Waals surface area contributed by atoms with Crippen LogP contribution in [-0.4, -0.2) is 45.8 Å². The summed E-state index contributed by atoms with van der Waals surface area (Å²) in [5.41, 5.74) is 13.0. The summed E-state index contributed by atoms with van der Waals surface area (Å²) in [6.07, 6.45) is 4.97. The van der Waals surface area contributed by atoms with Gasteiger partial charge in [0.25, 0.3) is 0 Å². The zero-order chi connectivity index (χ0) is 30.1. The number of rotatable bonds is 6. The van der Waals surface area contributed by atoms with Crippen LogP contribution in [0, 0.1) is 13.8 Å². The largest absolute Gasteiger partial charge is 0.497 e. The van der Waals surface area contributed by atoms with Gasteiger partial charge in [-0.2, -0.15) is 0 Å². The van der Waals surface area contributed by atoms with Crippen LogP contribution < -0.4 is 4.74 Å². The zero-order valence-electron chi connectivity index (χ0n) is 26.1. The van der Waals surface area contributed by atoms with E-state index in [1.807, 2.05) is 24.3 Å². The molecule has 3 aliphatic rings. The number of hydrogen-bond acceptors (Lipinski definition) is 4. The van der Waals surface area contributed by atoms with Crippen LogP contribution in [-0.2, 0) is 12.8 Å². The molecule has 8 rings (SSSR count). The van der Waals surface area contributed by atoms with Gasteiger partial charge < -0.3 is 19.6 Å². The molecule has 6 nitrogen and oxygen atoms in total. The van der Waals surface area contributed by atoms with Crippen LogP contribution in [0.5, 0.6) is 5.75 Å². The number of aromatic nitrogens is 2. The van der Waals surface area contributed by atoms with Crippen LogP contribution in [0.4, 0.5) is 0 Å². The molecular formula is C38H40N4O2. The number of hydrogen-bond donors (Lipinski definition) is 2. The Kier molecular flexibility index (Phi) is 6.45. The molecule has 0 unspecified atom stereocenters. The lowest BCUT2D eigenvalue weighted by Gasteiger charge is -2.54. The molecule has 0 fully saturated rings. The summed E-state index contributed by atoms with van der Waals surface area (Å²) >= 11 is 0. The Labute approximate surface area is 258 Å². The first-order chi connectivity index (χ1) is 21.5. The monoisotopic (exact) mass is 584 g/mol. The zero-order valence-corrected chi connectivity index (χ0v) is 26.1. The van der Waals surface area contributed by atoms with E-state index in [1.165, 1.54) is 55.6 Å². The number of nitrogens with zero attached hydrogens (tertiary/aromatic N) is 2. The summed E-state index contributed by atoms with van der Waals surface area (Å²) in [4.78, 5) is 27.7. The lowest BCUT2D eigenvalue weighted by atomic mass is 9.81. The first-order valence-electron chi connectivity index (χ1n) is 16.1. The van der Waals surface area contributed by atoms with Crippen molar-refractivity contribution < 1.29 is 9.53 Å². The summed E-state index contributed by atoms with van der Waals surface area (Å²) in [5.74, 6) is 0.878. The van der Waals surface area contributed by atoms with Crippen molar-refractivity contribution in [2.24, 2.45) is 0 Å². The number of Topliss-reactive ketones (excluding diaryl/α,β-unsaturated/α-hetero) is 1. The van der Waals surface area contributed by atoms with Gasteiger partial charge >= 0.3 is 0 Å². The highest BCUT2D eigenvalue weighted by molar-refractivity contribution is 6.10. The molecule has 0 saturated carbocycles. The van der Waals surface area contributed by atoms with E-state index in [1.54, 1.807) is 7.11 Å². The first-order valence-corrected chi connectivity index (χ1v) is 16.1. The SMILES string of the molecule is CCCCC1=C(C(=O)c2ccc(OC)cc2)[C@@H]2c3[nH]c4ccc(C)cc4c3CCN2[C@@H]2c3[nH]c4ccc(C)cc4c3CCN12. The number of unbranched alkanes of at least 4 members (excludes halogenated alkanes) is 1. The Hall–Kier alpha value is -4.29. The minimum Gasteiger partial charge on any atom is -0.497 e. The van der Waals surface area contributed by atoms with E-state index >= 15 is 0 Å². The number of fused-ring (bicyclic) bond motifs is 11. The number of H-pyrrole nitrogens is 2. The van der Waals surface area contributed by atoms with E-state index in [0.29, 0.717) is 5.56 Å². The van der Waals surface area contributed by atoms with Crippen molar-refractivity contribution in [2.75, 3.05) is 20.2 Å². The fourth-order valence-corrected chi connectivity index (χ4v) is 8.09. The molecule has 2 N–H and O–H groups in total. The summed E-state index contributed by atoms with van der Waals surface area (Å²) in [5, 5.41) is 2.63. The van der Waals surface area contributed by atoms with Crippen molar-refractivity contribution in [1.29, 1.82) is 0 Å². The summed E-state index contributed by atoms with van der Waals surface area (Å²) in [6, 6.07) is 20.9. The predicted octanol–water partition coefficient (Wildman–Crippen LogP) is 8.07. The minimum atomic E-state index is -0.159. The van der Waals surface area contributed by atoms with Crippen molar-refractivity contribution >= 4 is 27.6 Å². The smallest absolute Gasteiger partial charge is 0.192 e. The first kappa shape index (κ1) is 27.3. The molecule has 0 bridgehead atoms. The number of nitrogens with one attached hydrogen (secondary N) is 2. The van der Waals surface area contributed by atoms with E-state index < -0.39 is 0 Å². The maximum Gasteiger partial charge on any atom is 0.192 e. The van der Waals surface area contributed by atoms with Crippen molar-refractivity contribution in [3.05, 3.63) is 111 Å². The molecule has 3 aliphatic heterocycles. The third-order valence-corrected chi connectivity index (χ3v) is 10.2. The fraction of sp³-hybridized carbons (Fsp3) is 0.342. The van der Waals surface area contributed by atoms with Crippen LogP contribution in [0.1, 0.15) is 82.4 Å². The lowest BCUT2D eigenvalue weighted by molar-refractivity contribution is 0.000622. The number of methoxy groups -OCH3 is 1. The molecule has 5 heterocycles. The molecule has 224 valence electrons. The Morgan fingerprint density at radius 3 is 2.16 bits per heavy atom. The van der Waals surface area contributed by atoms with E-state index in [2.05, 4.69) is 76.9 Å². The number of benzene rings is 3. The van der Waals surface area contributed by atoms with Gasteiger partial charge in [0.05, 0.1) is 18.8 Å². The third kappa shape index (κ3) is 4.07. The fourth-order valence-electron chi connectivity index (χ4n) is 8.09. The normalized spacial score (nSPS) is 19.6. The maximum absolute atomic E-state index is 14.8. The quantitative estimate of drug-likeness (QED) is 0.198. The molecular weight excluding hydrogens is 544 g/mol. The van der Waals surface area contributed by atoms with Crippen molar-refractivity contribution in [2.45, 2.75) is 65.1 Å². The second-order valence-electron chi connectivity index (χ2n) is 12.9. The van der Waals surface area contributed by atoms with E-state index in [0.717, 1.165) is 62.0 Å². The van der Waals surface area contributed by atoms with Crippen LogP contribution in [0.25, 0.3) is 21.8 Å². The molecule has 0 spiro atoms. The van der Waals surface area contributed by atoms with Crippen molar-refractivity contribution in [3.8, 4) is 5.75 Å². The molecule has 0 radical (unpaired) electrons. The van der Waals surface area contributed by atoms with Gasteiger partial charge in [0, 0.05) is 57.4 Å². The van der Waals surface area contributed by atoms with Crippen molar-refractivity contribution in [3.63, 3.8) is 0 Å². The van der Waals surface area contributed by atoms with Crippen LogP contribution in [0.2, 0.25) is 0 Å². The van der Waals surface area contributed by atoms with Gasteiger partial charge in [-0.1, -0.05) is 36.6 Å². The summed E-state index contributed by atoms with van der Waals surface area (Å²) in [7, 11) is 1.67. The highest BCUT2D eigenvalue weighted by Crippen LogP contribution is 2.52. The van der Waals surface area contributed by atoms with Gasteiger partial charge in [-0.25, -0.2) is 0 Å². The number of ether oxygens (including phenoxy) is 1. The Bertz CT molecular complexity index is 1960. The Morgan fingerprint density at radius 2 is 1.50 bits per heavy atom. The van der Waals surface area contributed by atoms with E-state index in [-0.39, 0.29) is 18.0 Å². The molecule has 2 atom stereocenters. The Morgan fingerprint density at radius 1 is 0.864 bits per heavy atom. The lowest BCUT2D eigenvalue weighted by Crippen LogP contribution is -2.54. The van der Waals surface area contributed by atoms with Gasteiger partial charge in [-0.15, -0.1) is 0 Å². The molecule has 0 saturated heterocycles. The van der Waals surface area contributed by atoms with Gasteiger partial charge in [0.1, 0.15) is 11.9 Å². The molecule has 3 aromatic carbocycles. The number of allylic oxidation sites excluding steroid dienone is 1. The Balaban J connectivity index is 1.38. The molecule has 0 aliphatic carbocycles. The average Bonchev–Trinajstić information content (AvgIpc) is 3.60. The summed E-state index contributed by atoms with van der Waals surface area (Å²) < 4.78 is 5.43.